The number of amides is 1. The number of nitrogens with one attached hydrogen (secondary N) is 1. The molecule has 0 aliphatic heterocycles. The fourth-order valence-corrected chi connectivity index (χ4v) is 3.15. The summed E-state index contributed by atoms with van der Waals surface area (Å²) in [6.07, 6.45) is 2.62. The van der Waals surface area contributed by atoms with Gasteiger partial charge in [-0.3, -0.25) is 9.59 Å². The zero-order valence-corrected chi connectivity index (χ0v) is 13.3. The maximum atomic E-state index is 12.5. The van der Waals surface area contributed by atoms with Crippen molar-refractivity contribution in [1.82, 2.24) is 5.32 Å². The summed E-state index contributed by atoms with van der Waals surface area (Å²) in [6, 6.07) is 5.12. The maximum absolute atomic E-state index is 12.5. The first-order valence-electron chi connectivity index (χ1n) is 6.78. The van der Waals surface area contributed by atoms with Gasteiger partial charge in [0.1, 0.15) is 17.2 Å². The number of alkyl halides is 1. The second-order valence-corrected chi connectivity index (χ2v) is 5.74. The van der Waals surface area contributed by atoms with Crippen molar-refractivity contribution in [3.8, 4) is 5.75 Å². The second kappa shape index (κ2) is 6.67. The van der Waals surface area contributed by atoms with Gasteiger partial charge in [-0.05, 0) is 31.4 Å². The molecule has 0 spiro atoms. The van der Waals surface area contributed by atoms with Gasteiger partial charge >= 0.3 is 0 Å². The van der Waals surface area contributed by atoms with Crippen LogP contribution in [0.1, 0.15) is 31.2 Å². The van der Waals surface area contributed by atoms with E-state index in [0.29, 0.717) is 29.2 Å². The summed E-state index contributed by atoms with van der Waals surface area (Å²) in [7, 11) is 1.54. The Morgan fingerprint density at radius 2 is 2.19 bits per heavy atom. The van der Waals surface area contributed by atoms with E-state index < -0.39 is 5.54 Å². The first kappa shape index (κ1) is 16.1. The van der Waals surface area contributed by atoms with Crippen LogP contribution in [0.15, 0.2) is 18.2 Å². The number of rotatable bonds is 4. The molecule has 0 radical (unpaired) electrons. The van der Waals surface area contributed by atoms with E-state index in [-0.39, 0.29) is 17.6 Å². The molecule has 1 saturated carbocycles. The van der Waals surface area contributed by atoms with E-state index >= 15 is 0 Å². The number of methoxy groups -OCH3 is 1. The highest BCUT2D eigenvalue weighted by Crippen LogP contribution is 2.39. The normalized spacial score (nSPS) is 22.0. The Hall–Kier alpha value is -1.26. The van der Waals surface area contributed by atoms with E-state index in [0.717, 1.165) is 12.8 Å². The Morgan fingerprint density at radius 1 is 1.43 bits per heavy atom. The van der Waals surface area contributed by atoms with E-state index in [2.05, 4.69) is 5.32 Å². The predicted octanol–water partition coefficient (Wildman–Crippen LogP) is 3.04. The molecule has 0 aromatic heterocycles. The van der Waals surface area contributed by atoms with Gasteiger partial charge < -0.3 is 10.1 Å². The summed E-state index contributed by atoms with van der Waals surface area (Å²) >= 11 is 11.9. The fourth-order valence-electron chi connectivity index (χ4n) is 2.75. The van der Waals surface area contributed by atoms with Crippen molar-refractivity contribution in [1.29, 1.82) is 0 Å². The van der Waals surface area contributed by atoms with E-state index in [4.69, 9.17) is 27.9 Å². The topological polar surface area (TPSA) is 55.4 Å². The molecule has 0 saturated heterocycles. The fraction of sp³-hybridized carbons (Fsp3) is 0.467. The van der Waals surface area contributed by atoms with E-state index in [1.807, 2.05) is 0 Å². The van der Waals surface area contributed by atoms with Crippen molar-refractivity contribution < 1.29 is 14.3 Å². The van der Waals surface area contributed by atoms with Gasteiger partial charge in [0.25, 0.3) is 0 Å². The Kier molecular flexibility index (Phi) is 5.12. The van der Waals surface area contributed by atoms with Crippen LogP contribution in [-0.4, -0.2) is 24.7 Å². The summed E-state index contributed by atoms with van der Waals surface area (Å²) in [5.41, 5.74) is -0.471. The third-order valence-corrected chi connectivity index (χ3v) is 4.35. The number of ether oxygens (including phenoxy) is 1. The Labute approximate surface area is 133 Å². The van der Waals surface area contributed by atoms with Crippen LogP contribution < -0.4 is 10.1 Å². The molecule has 114 valence electrons. The Bertz CT molecular complexity index is 562. The number of halogens is 2. The van der Waals surface area contributed by atoms with Gasteiger partial charge in [0, 0.05) is 12.0 Å². The Morgan fingerprint density at radius 3 is 2.76 bits per heavy atom. The molecule has 4 nitrogen and oxygen atoms in total. The molecule has 1 amide bonds. The molecule has 6 heteroatoms. The SMILES string of the molecule is COc1ccc(C2(NC(=O)CCl)CCCCC2=O)c(Cl)c1. The number of ketones is 1. The molecule has 1 aromatic rings. The maximum Gasteiger partial charge on any atom is 0.235 e. The van der Waals surface area contributed by atoms with Gasteiger partial charge in [0.05, 0.1) is 12.1 Å². The third-order valence-electron chi connectivity index (χ3n) is 3.79. The zero-order valence-electron chi connectivity index (χ0n) is 11.7. The van der Waals surface area contributed by atoms with Gasteiger partial charge in [-0.25, -0.2) is 0 Å². The summed E-state index contributed by atoms with van der Waals surface area (Å²) in [5, 5.41) is 3.18. The van der Waals surface area contributed by atoms with E-state index in [1.54, 1.807) is 25.3 Å². The lowest BCUT2D eigenvalue weighted by molar-refractivity contribution is -0.133. The van der Waals surface area contributed by atoms with Gasteiger partial charge in [0.2, 0.25) is 5.91 Å². The third kappa shape index (κ3) is 3.16. The molecule has 0 heterocycles. The molecule has 21 heavy (non-hydrogen) atoms. The minimum atomic E-state index is -1.08. The van der Waals surface area contributed by atoms with Crippen LogP contribution in [-0.2, 0) is 15.1 Å². The first-order valence-corrected chi connectivity index (χ1v) is 7.69. The Balaban J connectivity index is 2.48. The molecule has 1 N–H and O–H groups in total. The van der Waals surface area contributed by atoms with Crippen LogP contribution in [0.3, 0.4) is 0 Å². The average Bonchev–Trinajstić information content (AvgIpc) is 2.49. The number of hydrogen-bond donors (Lipinski definition) is 1. The molecule has 1 atom stereocenters. The van der Waals surface area contributed by atoms with Crippen molar-refractivity contribution in [3.05, 3.63) is 28.8 Å². The molecule has 1 aromatic carbocycles. The first-order chi connectivity index (χ1) is 10.0. The van der Waals surface area contributed by atoms with Crippen LogP contribution in [0, 0.1) is 0 Å². The van der Waals surface area contributed by atoms with E-state index in [9.17, 15) is 9.59 Å². The average molecular weight is 330 g/mol. The number of hydrogen-bond acceptors (Lipinski definition) is 3. The summed E-state index contributed by atoms with van der Waals surface area (Å²) in [4.78, 5) is 24.3. The summed E-state index contributed by atoms with van der Waals surface area (Å²) in [5.74, 6) is 0.00640. The van der Waals surface area contributed by atoms with Crippen LogP contribution in [0.4, 0.5) is 0 Å². The summed E-state index contributed by atoms with van der Waals surface area (Å²) < 4.78 is 5.12. The molecule has 1 fully saturated rings. The zero-order chi connectivity index (χ0) is 15.5. The predicted molar refractivity (Wildman–Crippen MR) is 82.0 cm³/mol. The van der Waals surface area contributed by atoms with Gasteiger partial charge in [-0.15, -0.1) is 11.6 Å². The number of benzene rings is 1. The monoisotopic (exact) mass is 329 g/mol. The quantitative estimate of drug-likeness (QED) is 0.864. The van der Waals surface area contributed by atoms with Crippen molar-refractivity contribution in [2.75, 3.05) is 13.0 Å². The van der Waals surface area contributed by atoms with Crippen molar-refractivity contribution in [2.24, 2.45) is 0 Å². The molecular formula is C15H17Cl2NO3. The second-order valence-electron chi connectivity index (χ2n) is 5.06. The van der Waals surface area contributed by atoms with Gasteiger partial charge in [-0.1, -0.05) is 17.7 Å². The van der Waals surface area contributed by atoms with Crippen LogP contribution >= 0.6 is 23.2 Å². The highest BCUT2D eigenvalue weighted by atomic mass is 35.5. The number of carbonyl (C=O) groups is 2. The molecule has 1 aliphatic rings. The van der Waals surface area contributed by atoms with Crippen LogP contribution in [0.2, 0.25) is 5.02 Å². The minimum Gasteiger partial charge on any atom is -0.497 e. The number of carbonyl (C=O) groups excluding carboxylic acids is 2. The lowest BCUT2D eigenvalue weighted by Crippen LogP contribution is -2.53. The molecule has 2 rings (SSSR count). The van der Waals surface area contributed by atoms with Crippen LogP contribution in [0.25, 0.3) is 0 Å². The van der Waals surface area contributed by atoms with Gasteiger partial charge in [-0.2, -0.15) is 0 Å². The summed E-state index contributed by atoms with van der Waals surface area (Å²) in [6.45, 7) is 0. The van der Waals surface area contributed by atoms with Crippen LogP contribution in [0.5, 0.6) is 5.75 Å². The van der Waals surface area contributed by atoms with Crippen molar-refractivity contribution in [3.63, 3.8) is 0 Å². The van der Waals surface area contributed by atoms with Crippen molar-refractivity contribution in [2.45, 2.75) is 31.2 Å². The largest absolute Gasteiger partial charge is 0.497 e. The van der Waals surface area contributed by atoms with E-state index in [1.165, 1.54) is 0 Å². The lowest BCUT2D eigenvalue weighted by Gasteiger charge is -2.37. The standard InChI is InChI=1S/C15H17Cl2NO3/c1-21-10-5-6-11(12(17)8-10)15(18-14(20)9-16)7-3-2-4-13(15)19/h5-6,8H,2-4,7,9H2,1H3,(H,18,20). The number of Topliss-reactive ketones (excluding diaryl/α,β-unsaturated/α-hetero) is 1. The van der Waals surface area contributed by atoms with Crippen molar-refractivity contribution >= 4 is 34.9 Å². The molecule has 1 unspecified atom stereocenters. The lowest BCUT2D eigenvalue weighted by atomic mass is 9.75. The van der Waals surface area contributed by atoms with Gasteiger partial charge in [0.15, 0.2) is 5.78 Å². The highest BCUT2D eigenvalue weighted by molar-refractivity contribution is 6.32. The minimum absolute atomic E-state index is 0.0284. The molecular weight excluding hydrogens is 313 g/mol. The molecule has 1 aliphatic carbocycles. The smallest absolute Gasteiger partial charge is 0.235 e. The molecule has 0 bridgehead atoms. The highest BCUT2D eigenvalue weighted by Gasteiger charge is 2.43.